The molecule has 0 aliphatic rings. The number of thiazole rings is 1. The lowest BCUT2D eigenvalue weighted by atomic mass is 10.1. The van der Waals surface area contributed by atoms with Crippen LogP contribution in [0.5, 0.6) is 5.75 Å². The molecule has 3 rings (SSSR count). The number of Topliss-reactive ketones (excluding diaryl/α,β-unsaturated/α-hetero) is 1. The van der Waals surface area contributed by atoms with Crippen LogP contribution in [0.3, 0.4) is 0 Å². The largest absolute Gasteiger partial charge is 0.491 e. The Morgan fingerprint density at radius 2 is 1.76 bits per heavy atom. The maximum absolute atomic E-state index is 11.3. The Kier molecular flexibility index (Phi) is 5.14. The van der Waals surface area contributed by atoms with E-state index in [1.54, 1.807) is 18.3 Å². The van der Waals surface area contributed by atoms with Crippen LogP contribution in [0.1, 0.15) is 31.1 Å². The predicted molar refractivity (Wildman–Crippen MR) is 103 cm³/mol. The predicted octanol–water partition coefficient (Wildman–Crippen LogP) is 5.54. The fourth-order valence-electron chi connectivity index (χ4n) is 2.35. The van der Waals surface area contributed by atoms with Gasteiger partial charge in [-0.05, 0) is 69.3 Å². The van der Waals surface area contributed by atoms with Gasteiger partial charge in [-0.1, -0.05) is 0 Å². The van der Waals surface area contributed by atoms with Crippen LogP contribution in [0.4, 0.5) is 10.8 Å². The van der Waals surface area contributed by atoms with Crippen LogP contribution < -0.4 is 10.1 Å². The molecule has 0 unspecified atom stereocenters. The molecule has 128 valence electrons. The number of nitrogens with zero attached hydrogens (tertiary/aromatic N) is 1. The third-order valence-electron chi connectivity index (χ3n) is 3.57. The standard InChI is InChI=1S/C20H20N2O2S/c1-13(2)24-18-10-6-16(7-11-18)19-12-25-20(22-19)21-17-8-4-15(5-9-17)14(3)23/h4-13H,1-3H3,(H,21,22). The molecule has 0 atom stereocenters. The molecule has 0 fully saturated rings. The molecular formula is C20H20N2O2S. The molecule has 0 aliphatic heterocycles. The maximum Gasteiger partial charge on any atom is 0.187 e. The number of ketones is 1. The topological polar surface area (TPSA) is 51.2 Å². The molecule has 25 heavy (non-hydrogen) atoms. The third-order valence-corrected chi connectivity index (χ3v) is 4.33. The van der Waals surface area contributed by atoms with Gasteiger partial charge in [0.25, 0.3) is 0 Å². The second-order valence-electron chi connectivity index (χ2n) is 5.99. The van der Waals surface area contributed by atoms with Crippen LogP contribution in [0, 0.1) is 0 Å². The fourth-order valence-corrected chi connectivity index (χ4v) is 3.09. The minimum Gasteiger partial charge on any atom is -0.491 e. The average Bonchev–Trinajstić information content (AvgIpc) is 3.04. The molecular weight excluding hydrogens is 332 g/mol. The average molecular weight is 352 g/mol. The molecule has 0 aliphatic carbocycles. The van der Waals surface area contributed by atoms with Crippen LogP contribution in [0.15, 0.2) is 53.9 Å². The van der Waals surface area contributed by atoms with Crippen molar-refractivity contribution >= 4 is 27.9 Å². The summed E-state index contributed by atoms with van der Waals surface area (Å²) in [6, 6.07) is 15.3. The van der Waals surface area contributed by atoms with E-state index in [-0.39, 0.29) is 11.9 Å². The van der Waals surface area contributed by atoms with E-state index in [4.69, 9.17) is 4.74 Å². The highest BCUT2D eigenvalue weighted by molar-refractivity contribution is 7.14. The smallest absolute Gasteiger partial charge is 0.187 e. The van der Waals surface area contributed by atoms with Crippen molar-refractivity contribution in [3.8, 4) is 17.0 Å². The molecule has 0 saturated carbocycles. The number of ether oxygens (including phenoxy) is 1. The summed E-state index contributed by atoms with van der Waals surface area (Å²) in [4.78, 5) is 15.9. The summed E-state index contributed by atoms with van der Waals surface area (Å²) in [5, 5.41) is 6.10. The second kappa shape index (κ2) is 7.49. The molecule has 4 nitrogen and oxygen atoms in total. The van der Waals surface area contributed by atoms with Crippen molar-refractivity contribution in [3.63, 3.8) is 0 Å². The number of carbonyl (C=O) groups is 1. The van der Waals surface area contributed by atoms with Gasteiger partial charge in [-0.15, -0.1) is 11.3 Å². The maximum atomic E-state index is 11.3. The van der Waals surface area contributed by atoms with Crippen molar-refractivity contribution in [1.29, 1.82) is 0 Å². The second-order valence-corrected chi connectivity index (χ2v) is 6.85. The Balaban J connectivity index is 1.70. The number of hydrogen-bond acceptors (Lipinski definition) is 5. The van der Waals surface area contributed by atoms with E-state index in [0.717, 1.165) is 27.8 Å². The molecule has 0 amide bonds. The first-order valence-corrected chi connectivity index (χ1v) is 9.00. The normalized spacial score (nSPS) is 10.7. The Labute approximate surface area is 151 Å². The number of nitrogens with one attached hydrogen (secondary N) is 1. The van der Waals surface area contributed by atoms with Crippen LogP contribution in [-0.4, -0.2) is 16.9 Å². The number of benzene rings is 2. The summed E-state index contributed by atoms with van der Waals surface area (Å²) in [5.41, 5.74) is 3.58. The van der Waals surface area contributed by atoms with E-state index in [1.807, 2.05) is 67.8 Å². The minimum absolute atomic E-state index is 0.0629. The molecule has 1 aromatic heterocycles. The Morgan fingerprint density at radius 3 is 2.36 bits per heavy atom. The molecule has 0 bridgehead atoms. The Bertz CT molecular complexity index is 852. The Hall–Kier alpha value is -2.66. The number of aromatic nitrogens is 1. The van der Waals surface area contributed by atoms with E-state index in [0.29, 0.717) is 5.56 Å². The zero-order chi connectivity index (χ0) is 17.8. The monoisotopic (exact) mass is 352 g/mol. The minimum atomic E-state index is 0.0629. The van der Waals surface area contributed by atoms with E-state index in [2.05, 4.69) is 10.3 Å². The van der Waals surface area contributed by atoms with Gasteiger partial charge in [-0.25, -0.2) is 4.98 Å². The summed E-state index contributed by atoms with van der Waals surface area (Å²) < 4.78 is 5.66. The molecule has 1 N–H and O–H groups in total. The first kappa shape index (κ1) is 17.2. The van der Waals surface area contributed by atoms with Crippen molar-refractivity contribution in [2.45, 2.75) is 26.9 Å². The number of rotatable bonds is 6. The SMILES string of the molecule is CC(=O)c1ccc(Nc2nc(-c3ccc(OC(C)C)cc3)cs2)cc1. The highest BCUT2D eigenvalue weighted by Gasteiger charge is 2.06. The molecule has 0 spiro atoms. The van der Waals surface area contributed by atoms with Gasteiger partial charge < -0.3 is 10.1 Å². The lowest BCUT2D eigenvalue weighted by Gasteiger charge is -2.09. The van der Waals surface area contributed by atoms with E-state index < -0.39 is 0 Å². The van der Waals surface area contributed by atoms with E-state index >= 15 is 0 Å². The highest BCUT2D eigenvalue weighted by Crippen LogP contribution is 2.28. The van der Waals surface area contributed by atoms with Crippen LogP contribution in [-0.2, 0) is 0 Å². The number of hydrogen-bond donors (Lipinski definition) is 1. The van der Waals surface area contributed by atoms with Crippen molar-refractivity contribution in [1.82, 2.24) is 4.98 Å². The van der Waals surface area contributed by atoms with Gasteiger partial charge in [0, 0.05) is 22.2 Å². The van der Waals surface area contributed by atoms with Crippen molar-refractivity contribution in [2.75, 3.05) is 5.32 Å². The van der Waals surface area contributed by atoms with Crippen molar-refractivity contribution in [2.24, 2.45) is 0 Å². The van der Waals surface area contributed by atoms with Crippen LogP contribution in [0.25, 0.3) is 11.3 Å². The number of carbonyl (C=O) groups excluding carboxylic acids is 1. The molecule has 1 heterocycles. The molecule has 2 aromatic carbocycles. The summed E-state index contributed by atoms with van der Waals surface area (Å²) in [5.74, 6) is 0.922. The fraction of sp³-hybridized carbons (Fsp3) is 0.200. The lowest BCUT2D eigenvalue weighted by Crippen LogP contribution is -2.05. The van der Waals surface area contributed by atoms with Gasteiger partial charge in [0.05, 0.1) is 11.8 Å². The molecule has 0 radical (unpaired) electrons. The van der Waals surface area contributed by atoms with E-state index in [9.17, 15) is 4.79 Å². The van der Waals surface area contributed by atoms with Gasteiger partial charge in [0.15, 0.2) is 10.9 Å². The molecule has 0 saturated heterocycles. The summed E-state index contributed by atoms with van der Waals surface area (Å²) in [6.07, 6.45) is 0.162. The van der Waals surface area contributed by atoms with E-state index in [1.165, 1.54) is 0 Å². The van der Waals surface area contributed by atoms with Crippen LogP contribution >= 0.6 is 11.3 Å². The highest BCUT2D eigenvalue weighted by atomic mass is 32.1. The van der Waals surface area contributed by atoms with Crippen LogP contribution in [0.2, 0.25) is 0 Å². The van der Waals surface area contributed by atoms with Gasteiger partial charge in [-0.2, -0.15) is 0 Å². The molecule has 5 heteroatoms. The lowest BCUT2D eigenvalue weighted by molar-refractivity contribution is 0.101. The summed E-state index contributed by atoms with van der Waals surface area (Å²) in [7, 11) is 0. The van der Waals surface area contributed by atoms with Crippen molar-refractivity contribution in [3.05, 3.63) is 59.5 Å². The third kappa shape index (κ3) is 4.45. The first-order chi connectivity index (χ1) is 12.0. The Morgan fingerprint density at radius 1 is 1.08 bits per heavy atom. The van der Waals surface area contributed by atoms with Gasteiger partial charge >= 0.3 is 0 Å². The first-order valence-electron chi connectivity index (χ1n) is 8.12. The quantitative estimate of drug-likeness (QED) is 0.592. The van der Waals surface area contributed by atoms with Gasteiger partial charge in [-0.3, -0.25) is 4.79 Å². The zero-order valence-electron chi connectivity index (χ0n) is 14.4. The van der Waals surface area contributed by atoms with Gasteiger partial charge in [0.1, 0.15) is 5.75 Å². The zero-order valence-corrected chi connectivity index (χ0v) is 15.3. The van der Waals surface area contributed by atoms with Crippen molar-refractivity contribution < 1.29 is 9.53 Å². The summed E-state index contributed by atoms with van der Waals surface area (Å²) in [6.45, 7) is 5.58. The molecule has 3 aromatic rings. The van der Waals surface area contributed by atoms with Gasteiger partial charge in [0.2, 0.25) is 0 Å². The summed E-state index contributed by atoms with van der Waals surface area (Å²) >= 11 is 1.54. The number of anilines is 2.